The standard InChI is InChI=1S/C13H4F8O3/c14-4-1-2-5-6(3-4)9(23)7(8(5)22)10(24)11(15,12(16,17)18)13(19,20)21/h1-3,23H/p-1. The van der Waals surface area contributed by atoms with Gasteiger partial charge in [0.1, 0.15) is 5.82 Å². The minimum absolute atomic E-state index is 0.344. The Bertz CT molecular complexity index is 758. The van der Waals surface area contributed by atoms with Crippen LogP contribution in [0.1, 0.15) is 15.9 Å². The summed E-state index contributed by atoms with van der Waals surface area (Å²) in [6.07, 6.45) is -13.5. The Balaban J connectivity index is 2.68. The molecule has 1 aliphatic rings. The quantitative estimate of drug-likeness (QED) is 0.602. The number of ketones is 2. The molecule has 0 saturated carbocycles. The summed E-state index contributed by atoms with van der Waals surface area (Å²) in [4.78, 5) is 23.3. The van der Waals surface area contributed by atoms with E-state index in [0.29, 0.717) is 18.2 Å². The van der Waals surface area contributed by atoms with Gasteiger partial charge < -0.3 is 5.11 Å². The van der Waals surface area contributed by atoms with Crippen LogP contribution in [0.4, 0.5) is 35.1 Å². The summed E-state index contributed by atoms with van der Waals surface area (Å²) in [7, 11) is 0. The third-order valence-electron chi connectivity index (χ3n) is 3.25. The molecule has 11 heteroatoms. The molecule has 1 aliphatic carbocycles. The number of carbonyl (C=O) groups excluding carboxylic acids is 2. The zero-order valence-corrected chi connectivity index (χ0v) is 11.0. The minimum atomic E-state index is -6.77. The zero-order valence-electron chi connectivity index (χ0n) is 11.0. The zero-order chi connectivity index (χ0) is 18.7. The number of Topliss-reactive ketones (excluding diaryl/α,β-unsaturated/α-hetero) is 2. The lowest BCUT2D eigenvalue weighted by atomic mass is 9.91. The molecule has 2 rings (SSSR count). The molecule has 0 radical (unpaired) electrons. The molecule has 0 aliphatic heterocycles. The molecular formula is C13H3F8O3-. The number of alkyl halides is 7. The molecule has 1 aromatic rings. The summed E-state index contributed by atoms with van der Waals surface area (Å²) < 4.78 is 102. The van der Waals surface area contributed by atoms with Gasteiger partial charge in [-0.3, -0.25) is 9.59 Å². The van der Waals surface area contributed by atoms with Crippen molar-refractivity contribution in [1.82, 2.24) is 0 Å². The van der Waals surface area contributed by atoms with E-state index in [9.17, 15) is 49.8 Å². The highest BCUT2D eigenvalue weighted by Crippen LogP contribution is 2.49. The van der Waals surface area contributed by atoms with Gasteiger partial charge in [0.25, 0.3) is 0 Å². The van der Waals surface area contributed by atoms with E-state index in [1.165, 1.54) is 0 Å². The van der Waals surface area contributed by atoms with Crippen LogP contribution in [0.25, 0.3) is 5.76 Å². The lowest BCUT2D eigenvalue weighted by molar-refractivity contribution is -0.323. The maximum Gasteiger partial charge on any atom is 0.439 e. The van der Waals surface area contributed by atoms with Crippen molar-refractivity contribution in [2.75, 3.05) is 0 Å². The highest BCUT2D eigenvalue weighted by Gasteiger charge is 2.77. The lowest BCUT2D eigenvalue weighted by Crippen LogP contribution is -2.59. The number of benzene rings is 1. The number of carbonyl (C=O) groups is 2. The van der Waals surface area contributed by atoms with Crippen LogP contribution in [-0.4, -0.2) is 29.6 Å². The fourth-order valence-corrected chi connectivity index (χ4v) is 2.07. The first-order valence-corrected chi connectivity index (χ1v) is 5.86. The van der Waals surface area contributed by atoms with Crippen molar-refractivity contribution in [3.8, 4) is 0 Å². The van der Waals surface area contributed by atoms with E-state index in [2.05, 4.69) is 0 Å². The largest absolute Gasteiger partial charge is 0.871 e. The molecule has 130 valence electrons. The van der Waals surface area contributed by atoms with Crippen LogP contribution in [0.2, 0.25) is 0 Å². The number of rotatable bonds is 2. The van der Waals surface area contributed by atoms with Gasteiger partial charge >= 0.3 is 18.0 Å². The number of hydrogen-bond acceptors (Lipinski definition) is 3. The van der Waals surface area contributed by atoms with E-state index < -0.39 is 57.9 Å². The van der Waals surface area contributed by atoms with Crippen LogP contribution < -0.4 is 5.11 Å². The Kier molecular flexibility index (Phi) is 3.74. The summed E-state index contributed by atoms with van der Waals surface area (Å²) in [6.45, 7) is 0. The normalized spacial score (nSPS) is 15.8. The maximum atomic E-state index is 13.7. The van der Waals surface area contributed by atoms with Crippen molar-refractivity contribution in [2.45, 2.75) is 18.0 Å². The van der Waals surface area contributed by atoms with E-state index in [-0.39, 0.29) is 0 Å². The van der Waals surface area contributed by atoms with Gasteiger partial charge in [-0.05, 0) is 23.8 Å². The molecule has 0 fully saturated rings. The summed E-state index contributed by atoms with van der Waals surface area (Å²) in [5.74, 6) is -8.26. The van der Waals surface area contributed by atoms with Gasteiger partial charge in [0.15, 0.2) is 5.78 Å². The molecule has 1 aromatic carbocycles. The first kappa shape index (κ1) is 17.9. The summed E-state index contributed by atoms with van der Waals surface area (Å²) in [5.41, 5.74) is -10.3. The van der Waals surface area contributed by atoms with Gasteiger partial charge in [-0.1, -0.05) is 5.76 Å². The third-order valence-corrected chi connectivity index (χ3v) is 3.25. The molecule has 0 atom stereocenters. The monoisotopic (exact) mass is 359 g/mol. The Morgan fingerprint density at radius 2 is 1.42 bits per heavy atom. The molecule has 0 amide bonds. The van der Waals surface area contributed by atoms with Crippen LogP contribution in [0.15, 0.2) is 23.8 Å². The SMILES string of the molecule is O=C1C(C(=O)C(F)(C(F)(F)F)C(F)(F)F)=C([O-])c2cc(F)ccc21. The highest BCUT2D eigenvalue weighted by atomic mass is 19.4. The number of allylic oxidation sites excluding steroid dienone is 1. The summed E-state index contributed by atoms with van der Waals surface area (Å²) in [5, 5.41) is 11.8. The van der Waals surface area contributed by atoms with Crippen molar-refractivity contribution < 1.29 is 49.8 Å². The molecule has 0 N–H and O–H groups in total. The second kappa shape index (κ2) is 5.02. The van der Waals surface area contributed by atoms with Crippen molar-refractivity contribution >= 4 is 17.3 Å². The second-order valence-electron chi connectivity index (χ2n) is 4.71. The minimum Gasteiger partial charge on any atom is -0.871 e. The van der Waals surface area contributed by atoms with Crippen molar-refractivity contribution in [3.63, 3.8) is 0 Å². The van der Waals surface area contributed by atoms with Crippen LogP contribution in [0.3, 0.4) is 0 Å². The predicted octanol–water partition coefficient (Wildman–Crippen LogP) is 2.50. The van der Waals surface area contributed by atoms with E-state index in [0.717, 1.165) is 0 Å². The molecule has 0 heterocycles. The van der Waals surface area contributed by atoms with Crippen LogP contribution in [-0.2, 0) is 4.79 Å². The van der Waals surface area contributed by atoms with Crippen molar-refractivity contribution in [1.29, 1.82) is 0 Å². The first-order valence-electron chi connectivity index (χ1n) is 5.86. The number of hydrogen-bond donors (Lipinski definition) is 0. The van der Waals surface area contributed by atoms with Gasteiger partial charge in [-0.25, -0.2) is 8.78 Å². The van der Waals surface area contributed by atoms with E-state index in [1.807, 2.05) is 0 Å². The topological polar surface area (TPSA) is 57.2 Å². The molecule has 24 heavy (non-hydrogen) atoms. The first-order chi connectivity index (χ1) is 10.7. The van der Waals surface area contributed by atoms with Gasteiger partial charge in [-0.2, -0.15) is 26.3 Å². The molecule has 0 aromatic heterocycles. The Morgan fingerprint density at radius 1 is 0.917 bits per heavy atom. The average molecular weight is 359 g/mol. The van der Waals surface area contributed by atoms with Crippen LogP contribution in [0.5, 0.6) is 0 Å². The van der Waals surface area contributed by atoms with E-state index in [1.54, 1.807) is 0 Å². The molecule has 0 unspecified atom stereocenters. The van der Waals surface area contributed by atoms with Crippen LogP contribution in [0, 0.1) is 5.82 Å². The fourth-order valence-electron chi connectivity index (χ4n) is 2.07. The van der Waals surface area contributed by atoms with E-state index >= 15 is 0 Å². The molecule has 3 nitrogen and oxygen atoms in total. The molecule has 0 spiro atoms. The molecule has 0 saturated heterocycles. The number of halogens is 8. The van der Waals surface area contributed by atoms with Gasteiger partial charge in [-0.15, -0.1) is 0 Å². The van der Waals surface area contributed by atoms with Gasteiger partial charge in [0, 0.05) is 5.56 Å². The maximum absolute atomic E-state index is 13.7. The molecule has 0 bridgehead atoms. The van der Waals surface area contributed by atoms with Crippen molar-refractivity contribution in [3.05, 3.63) is 40.7 Å². The number of fused-ring (bicyclic) bond motifs is 1. The fraction of sp³-hybridized carbons (Fsp3) is 0.231. The van der Waals surface area contributed by atoms with E-state index in [4.69, 9.17) is 0 Å². The predicted molar refractivity (Wildman–Crippen MR) is 58.6 cm³/mol. The highest BCUT2D eigenvalue weighted by molar-refractivity contribution is 6.35. The van der Waals surface area contributed by atoms with Gasteiger partial charge in [0.05, 0.1) is 5.57 Å². The van der Waals surface area contributed by atoms with Crippen LogP contribution >= 0.6 is 0 Å². The smallest absolute Gasteiger partial charge is 0.439 e. The third kappa shape index (κ3) is 2.26. The summed E-state index contributed by atoms with van der Waals surface area (Å²) >= 11 is 0. The van der Waals surface area contributed by atoms with Crippen molar-refractivity contribution in [2.24, 2.45) is 0 Å². The summed E-state index contributed by atoms with van der Waals surface area (Å²) in [6, 6.07) is 1.52. The second-order valence-corrected chi connectivity index (χ2v) is 4.71. The average Bonchev–Trinajstić information content (AvgIpc) is 2.66. The van der Waals surface area contributed by atoms with Gasteiger partial charge in [0.2, 0.25) is 5.78 Å². The Labute approximate surface area is 127 Å². The molecular weight excluding hydrogens is 356 g/mol. The Hall–Kier alpha value is -2.46. The Morgan fingerprint density at radius 3 is 1.88 bits per heavy atom. The lowest BCUT2D eigenvalue weighted by Gasteiger charge is -2.29.